The van der Waals surface area contributed by atoms with Gasteiger partial charge in [-0.15, -0.1) is 0 Å². The molecule has 0 amide bonds. The van der Waals surface area contributed by atoms with Crippen LogP contribution < -0.4 is 4.90 Å². The van der Waals surface area contributed by atoms with Gasteiger partial charge < -0.3 is 4.90 Å². The van der Waals surface area contributed by atoms with Crippen molar-refractivity contribution in [3.8, 4) is 28.5 Å². The minimum Gasteiger partial charge on any atom is -0.372 e. The van der Waals surface area contributed by atoms with Crippen LogP contribution in [-0.4, -0.2) is 28.3 Å². The van der Waals surface area contributed by atoms with Crippen molar-refractivity contribution in [2.45, 2.75) is 26.2 Å². The van der Waals surface area contributed by atoms with Crippen molar-refractivity contribution in [1.82, 2.24) is 15.2 Å². The van der Waals surface area contributed by atoms with Crippen LogP contribution in [0.15, 0.2) is 42.5 Å². The molecule has 1 aliphatic rings. The summed E-state index contributed by atoms with van der Waals surface area (Å²) in [4.78, 5) is 6.79. The summed E-state index contributed by atoms with van der Waals surface area (Å²) in [6, 6.07) is 14.1. The van der Waals surface area contributed by atoms with E-state index in [4.69, 9.17) is 0 Å². The molecule has 0 aliphatic carbocycles. The van der Waals surface area contributed by atoms with Gasteiger partial charge in [-0.1, -0.05) is 18.2 Å². The standard InChI is InChI=1S/C25H21F2N5/c1-15-21-22(16-8-10-17(11-9-16)32-12-3-2-4-13-32)19(14-28)24(29-25(21)31-30-15)18-6-5-7-20(26)23(18)27/h5-11H,2-4,12-13H2,1H3,(H,29,30,31). The van der Waals surface area contributed by atoms with Crippen LogP contribution in [0.5, 0.6) is 0 Å². The zero-order valence-corrected chi connectivity index (χ0v) is 17.6. The van der Waals surface area contributed by atoms with Gasteiger partial charge >= 0.3 is 0 Å². The third-order valence-corrected chi connectivity index (χ3v) is 6.08. The number of anilines is 1. The summed E-state index contributed by atoms with van der Waals surface area (Å²) in [5.74, 6) is -2.02. The van der Waals surface area contributed by atoms with Crippen molar-refractivity contribution < 1.29 is 8.78 Å². The maximum absolute atomic E-state index is 14.6. The van der Waals surface area contributed by atoms with Gasteiger partial charge in [0.15, 0.2) is 17.3 Å². The number of H-pyrrole nitrogens is 1. The van der Waals surface area contributed by atoms with E-state index < -0.39 is 11.6 Å². The van der Waals surface area contributed by atoms with Gasteiger partial charge in [-0.2, -0.15) is 10.4 Å². The number of pyridine rings is 1. The highest BCUT2D eigenvalue weighted by Gasteiger charge is 2.24. The van der Waals surface area contributed by atoms with Crippen molar-refractivity contribution in [2.75, 3.05) is 18.0 Å². The van der Waals surface area contributed by atoms with E-state index in [0.717, 1.165) is 36.1 Å². The first-order chi connectivity index (χ1) is 15.6. The Balaban J connectivity index is 1.72. The summed E-state index contributed by atoms with van der Waals surface area (Å²) < 4.78 is 28.6. The van der Waals surface area contributed by atoms with Crippen LogP contribution in [0.1, 0.15) is 30.5 Å². The molecule has 32 heavy (non-hydrogen) atoms. The molecule has 7 heteroatoms. The van der Waals surface area contributed by atoms with Crippen LogP contribution in [0.25, 0.3) is 33.4 Å². The Morgan fingerprint density at radius 1 is 1.03 bits per heavy atom. The number of nitrogens with zero attached hydrogens (tertiary/aromatic N) is 4. The molecule has 1 fully saturated rings. The van der Waals surface area contributed by atoms with Crippen molar-refractivity contribution in [3.05, 3.63) is 65.4 Å². The lowest BCUT2D eigenvalue weighted by atomic mass is 9.93. The van der Waals surface area contributed by atoms with Crippen molar-refractivity contribution in [3.63, 3.8) is 0 Å². The molecule has 1 N–H and O–H groups in total. The predicted molar refractivity (Wildman–Crippen MR) is 120 cm³/mol. The molecule has 160 valence electrons. The maximum atomic E-state index is 14.6. The Morgan fingerprint density at radius 2 is 1.78 bits per heavy atom. The highest BCUT2D eigenvalue weighted by atomic mass is 19.2. The molecule has 0 atom stereocenters. The zero-order chi connectivity index (χ0) is 22.2. The maximum Gasteiger partial charge on any atom is 0.182 e. The van der Waals surface area contributed by atoms with E-state index in [1.165, 1.54) is 31.4 Å². The first kappa shape index (κ1) is 20.1. The lowest BCUT2D eigenvalue weighted by Crippen LogP contribution is -2.29. The second kappa shape index (κ2) is 8.04. The van der Waals surface area contributed by atoms with Crippen LogP contribution >= 0.6 is 0 Å². The van der Waals surface area contributed by atoms with Crippen LogP contribution in [-0.2, 0) is 0 Å². The Hall–Kier alpha value is -3.79. The van der Waals surface area contributed by atoms with Gasteiger partial charge in [-0.3, -0.25) is 5.10 Å². The number of halogens is 2. The number of nitrogens with one attached hydrogen (secondary N) is 1. The number of fused-ring (bicyclic) bond motifs is 1. The van der Waals surface area contributed by atoms with Gasteiger partial charge in [0.2, 0.25) is 0 Å². The fourth-order valence-corrected chi connectivity index (χ4v) is 4.47. The first-order valence-electron chi connectivity index (χ1n) is 10.7. The molecular weight excluding hydrogens is 408 g/mol. The quantitative estimate of drug-likeness (QED) is 0.451. The molecule has 0 saturated carbocycles. The van der Waals surface area contributed by atoms with Gasteiger partial charge in [0.05, 0.1) is 16.6 Å². The fraction of sp³-hybridized carbons (Fsp3) is 0.240. The molecule has 2 aromatic carbocycles. The van der Waals surface area contributed by atoms with Crippen LogP contribution in [0.3, 0.4) is 0 Å². The van der Waals surface area contributed by atoms with E-state index in [2.05, 4.69) is 26.2 Å². The van der Waals surface area contributed by atoms with Gasteiger partial charge in [-0.25, -0.2) is 13.8 Å². The molecule has 0 spiro atoms. The molecule has 0 radical (unpaired) electrons. The van der Waals surface area contributed by atoms with Crippen molar-refractivity contribution >= 4 is 16.7 Å². The van der Waals surface area contributed by atoms with Gasteiger partial charge in [0, 0.05) is 35.6 Å². The number of aryl methyl sites for hydroxylation is 1. The van der Waals surface area contributed by atoms with Crippen LogP contribution in [0.4, 0.5) is 14.5 Å². The largest absolute Gasteiger partial charge is 0.372 e. The second-order valence-corrected chi connectivity index (χ2v) is 8.07. The van der Waals surface area contributed by atoms with E-state index in [0.29, 0.717) is 16.6 Å². The van der Waals surface area contributed by atoms with Crippen molar-refractivity contribution in [1.29, 1.82) is 5.26 Å². The monoisotopic (exact) mass is 429 g/mol. The minimum atomic E-state index is -1.03. The zero-order valence-electron chi connectivity index (χ0n) is 17.6. The highest BCUT2D eigenvalue weighted by molar-refractivity contribution is 6.00. The average molecular weight is 429 g/mol. The highest BCUT2D eigenvalue weighted by Crippen LogP contribution is 2.39. The van der Waals surface area contributed by atoms with E-state index in [1.54, 1.807) is 0 Å². The number of benzene rings is 2. The molecule has 0 bridgehead atoms. The summed E-state index contributed by atoms with van der Waals surface area (Å²) in [6.45, 7) is 3.92. The third kappa shape index (κ3) is 3.28. The van der Waals surface area contributed by atoms with Gasteiger partial charge in [0.1, 0.15) is 6.07 Å². The van der Waals surface area contributed by atoms with E-state index >= 15 is 0 Å². The molecule has 5 nitrogen and oxygen atoms in total. The normalized spacial score (nSPS) is 14.0. The van der Waals surface area contributed by atoms with E-state index in [9.17, 15) is 14.0 Å². The number of aromatic nitrogens is 3. The molecule has 3 heterocycles. The smallest absolute Gasteiger partial charge is 0.182 e. The molecule has 0 unspecified atom stereocenters. The Morgan fingerprint density at radius 3 is 2.50 bits per heavy atom. The number of piperidine rings is 1. The summed E-state index contributed by atoms with van der Waals surface area (Å²) in [6.07, 6.45) is 3.62. The Kier molecular flexibility index (Phi) is 5.06. The Bertz CT molecular complexity index is 1350. The average Bonchev–Trinajstić information content (AvgIpc) is 3.20. The summed E-state index contributed by atoms with van der Waals surface area (Å²) >= 11 is 0. The van der Waals surface area contributed by atoms with Crippen LogP contribution in [0.2, 0.25) is 0 Å². The third-order valence-electron chi connectivity index (χ3n) is 6.08. The van der Waals surface area contributed by atoms with E-state index in [1.807, 2.05) is 31.2 Å². The van der Waals surface area contributed by atoms with Crippen molar-refractivity contribution in [2.24, 2.45) is 0 Å². The lowest BCUT2D eigenvalue weighted by Gasteiger charge is -2.29. The second-order valence-electron chi connectivity index (χ2n) is 8.07. The molecule has 2 aromatic heterocycles. The number of hydrogen-bond donors (Lipinski definition) is 1. The predicted octanol–water partition coefficient (Wildman–Crippen LogP) is 5.74. The van der Waals surface area contributed by atoms with Gasteiger partial charge in [-0.05, 0) is 56.0 Å². The number of aromatic amines is 1. The Labute approximate surface area is 184 Å². The molecular formula is C25H21F2N5. The summed E-state index contributed by atoms with van der Waals surface area (Å²) in [5.41, 5.74) is 3.88. The van der Waals surface area contributed by atoms with E-state index in [-0.39, 0.29) is 16.8 Å². The summed E-state index contributed by atoms with van der Waals surface area (Å²) in [5, 5.41) is 17.9. The van der Waals surface area contributed by atoms with Crippen LogP contribution in [0, 0.1) is 29.9 Å². The topological polar surface area (TPSA) is 68.6 Å². The lowest BCUT2D eigenvalue weighted by molar-refractivity contribution is 0.511. The molecule has 1 aliphatic heterocycles. The molecule has 5 rings (SSSR count). The number of hydrogen-bond acceptors (Lipinski definition) is 4. The molecule has 1 saturated heterocycles. The summed E-state index contributed by atoms with van der Waals surface area (Å²) in [7, 11) is 0. The van der Waals surface area contributed by atoms with Gasteiger partial charge in [0.25, 0.3) is 0 Å². The number of nitriles is 1. The SMILES string of the molecule is Cc1[nH]nc2nc(-c3cccc(F)c3F)c(C#N)c(-c3ccc(N4CCCCC4)cc3)c12. The first-order valence-corrected chi connectivity index (χ1v) is 10.7. The molecule has 4 aromatic rings. The fourth-order valence-electron chi connectivity index (χ4n) is 4.47. The number of rotatable bonds is 3. The minimum absolute atomic E-state index is 0.0599.